The lowest BCUT2D eigenvalue weighted by atomic mass is 10.1. The molecule has 3 N–H and O–H groups in total. The fraction of sp³-hybridized carbons (Fsp3) is 0.200. The number of fused-ring (bicyclic) bond motifs is 1. The van der Waals surface area contributed by atoms with Gasteiger partial charge in [-0.05, 0) is 55.2 Å². The van der Waals surface area contributed by atoms with Crippen molar-refractivity contribution < 1.29 is 4.39 Å². The molecule has 5 heteroatoms. The molecular formula is C15H14FN3S. The Bertz CT molecular complexity index is 668. The van der Waals surface area contributed by atoms with Gasteiger partial charge in [-0.25, -0.2) is 9.37 Å². The highest BCUT2D eigenvalue weighted by molar-refractivity contribution is 7.99. The van der Waals surface area contributed by atoms with E-state index < -0.39 is 0 Å². The first-order valence-electron chi connectivity index (χ1n) is 6.44. The van der Waals surface area contributed by atoms with Crippen molar-refractivity contribution in [2.75, 3.05) is 0 Å². The normalized spacial score (nSPS) is 13.2. The SMILES string of the molecule is N=C(N)c1cc2c(nc1Sc1ccc(F)cc1)CCC2. The molecule has 1 heterocycles. The quantitative estimate of drug-likeness (QED) is 0.673. The number of nitrogens with one attached hydrogen (secondary N) is 1. The van der Waals surface area contributed by atoms with Gasteiger partial charge in [-0.3, -0.25) is 5.41 Å². The zero-order valence-corrected chi connectivity index (χ0v) is 11.6. The largest absolute Gasteiger partial charge is 0.384 e. The molecule has 0 radical (unpaired) electrons. The Balaban J connectivity index is 1.99. The van der Waals surface area contributed by atoms with Gasteiger partial charge in [0.15, 0.2) is 0 Å². The summed E-state index contributed by atoms with van der Waals surface area (Å²) in [4.78, 5) is 5.53. The molecule has 0 saturated heterocycles. The van der Waals surface area contributed by atoms with Gasteiger partial charge in [0.2, 0.25) is 0 Å². The van der Waals surface area contributed by atoms with E-state index in [0.717, 1.165) is 34.9 Å². The summed E-state index contributed by atoms with van der Waals surface area (Å²) in [5, 5.41) is 8.43. The Hall–Kier alpha value is -1.88. The molecular weight excluding hydrogens is 273 g/mol. The molecule has 1 aliphatic rings. The van der Waals surface area contributed by atoms with Crippen molar-refractivity contribution in [1.82, 2.24) is 4.98 Å². The van der Waals surface area contributed by atoms with Crippen LogP contribution in [-0.2, 0) is 12.8 Å². The Labute approximate surface area is 120 Å². The van der Waals surface area contributed by atoms with Gasteiger partial charge >= 0.3 is 0 Å². The molecule has 0 aliphatic heterocycles. The monoisotopic (exact) mass is 287 g/mol. The first kappa shape index (κ1) is 13.1. The predicted molar refractivity (Wildman–Crippen MR) is 77.8 cm³/mol. The summed E-state index contributed by atoms with van der Waals surface area (Å²) in [6.07, 6.45) is 3.08. The molecule has 20 heavy (non-hydrogen) atoms. The number of benzene rings is 1. The molecule has 0 bridgehead atoms. The van der Waals surface area contributed by atoms with Crippen molar-refractivity contribution in [3.63, 3.8) is 0 Å². The number of nitrogens with two attached hydrogens (primary N) is 1. The fourth-order valence-electron chi connectivity index (χ4n) is 2.34. The van der Waals surface area contributed by atoms with Gasteiger partial charge in [0.25, 0.3) is 0 Å². The molecule has 3 nitrogen and oxygen atoms in total. The van der Waals surface area contributed by atoms with Crippen LogP contribution in [0.4, 0.5) is 4.39 Å². The molecule has 1 aromatic carbocycles. The summed E-state index contributed by atoms with van der Waals surface area (Å²) in [7, 11) is 0. The average molecular weight is 287 g/mol. The minimum absolute atomic E-state index is 0.0248. The maximum absolute atomic E-state index is 12.9. The molecule has 0 amide bonds. The van der Waals surface area contributed by atoms with Crippen LogP contribution >= 0.6 is 11.8 Å². The van der Waals surface area contributed by atoms with E-state index in [0.29, 0.717) is 5.56 Å². The molecule has 0 spiro atoms. The van der Waals surface area contributed by atoms with Crippen molar-refractivity contribution in [1.29, 1.82) is 5.41 Å². The fourth-order valence-corrected chi connectivity index (χ4v) is 3.27. The van der Waals surface area contributed by atoms with E-state index in [1.54, 1.807) is 12.1 Å². The highest BCUT2D eigenvalue weighted by Crippen LogP contribution is 2.32. The molecule has 0 atom stereocenters. The first-order valence-corrected chi connectivity index (χ1v) is 7.26. The second-order valence-electron chi connectivity index (χ2n) is 4.77. The van der Waals surface area contributed by atoms with Gasteiger partial charge in [0.1, 0.15) is 16.7 Å². The zero-order chi connectivity index (χ0) is 14.1. The number of nitrogens with zero attached hydrogens (tertiary/aromatic N) is 1. The molecule has 102 valence electrons. The van der Waals surface area contributed by atoms with E-state index in [-0.39, 0.29) is 11.7 Å². The summed E-state index contributed by atoms with van der Waals surface area (Å²) in [5.74, 6) is -0.236. The number of hydrogen-bond donors (Lipinski definition) is 2. The van der Waals surface area contributed by atoms with Crippen molar-refractivity contribution in [3.05, 3.63) is 53.0 Å². The maximum Gasteiger partial charge on any atom is 0.125 e. The second-order valence-corrected chi connectivity index (χ2v) is 5.83. The lowest BCUT2D eigenvalue weighted by molar-refractivity contribution is 0.626. The molecule has 1 aromatic heterocycles. The van der Waals surface area contributed by atoms with Gasteiger partial charge in [-0.15, -0.1) is 0 Å². The van der Waals surface area contributed by atoms with Crippen LogP contribution in [0, 0.1) is 11.2 Å². The van der Waals surface area contributed by atoms with Crippen molar-refractivity contribution in [2.24, 2.45) is 5.73 Å². The molecule has 0 unspecified atom stereocenters. The van der Waals surface area contributed by atoms with Crippen LogP contribution in [0.2, 0.25) is 0 Å². The summed E-state index contributed by atoms with van der Waals surface area (Å²) < 4.78 is 12.9. The van der Waals surface area contributed by atoms with Crippen LogP contribution in [-0.4, -0.2) is 10.8 Å². The number of nitrogen functional groups attached to an aromatic ring is 1. The third-order valence-electron chi connectivity index (χ3n) is 3.33. The number of amidine groups is 1. The highest BCUT2D eigenvalue weighted by atomic mass is 32.2. The van der Waals surface area contributed by atoms with Gasteiger partial charge < -0.3 is 5.73 Å². The van der Waals surface area contributed by atoms with Gasteiger partial charge in [0, 0.05) is 16.2 Å². The Kier molecular flexibility index (Phi) is 3.44. The molecule has 3 rings (SSSR count). The van der Waals surface area contributed by atoms with E-state index in [1.165, 1.54) is 29.5 Å². The van der Waals surface area contributed by atoms with Crippen LogP contribution in [0.25, 0.3) is 0 Å². The summed E-state index contributed by atoms with van der Waals surface area (Å²) in [5.41, 5.74) is 8.61. The molecule has 1 aliphatic carbocycles. The average Bonchev–Trinajstić information content (AvgIpc) is 2.87. The van der Waals surface area contributed by atoms with Gasteiger partial charge in [0.05, 0.1) is 0 Å². The van der Waals surface area contributed by atoms with Crippen molar-refractivity contribution in [3.8, 4) is 0 Å². The number of pyridine rings is 1. The highest BCUT2D eigenvalue weighted by Gasteiger charge is 2.18. The maximum atomic E-state index is 12.9. The number of aromatic nitrogens is 1. The first-order chi connectivity index (χ1) is 9.63. The summed E-state index contributed by atoms with van der Waals surface area (Å²) >= 11 is 1.42. The van der Waals surface area contributed by atoms with E-state index in [9.17, 15) is 4.39 Å². The Morgan fingerprint density at radius 1 is 1.25 bits per heavy atom. The van der Waals surface area contributed by atoms with Crippen molar-refractivity contribution >= 4 is 17.6 Å². The summed E-state index contributed by atoms with van der Waals surface area (Å²) in [6.45, 7) is 0. The zero-order valence-electron chi connectivity index (χ0n) is 10.8. The standard InChI is InChI=1S/C15H14FN3S/c16-10-4-6-11(7-5-10)20-15-12(14(17)18)8-9-2-1-3-13(9)19-15/h4-8H,1-3H2,(H3,17,18). The van der Waals surface area contributed by atoms with E-state index in [4.69, 9.17) is 11.1 Å². The van der Waals surface area contributed by atoms with Crippen LogP contribution < -0.4 is 5.73 Å². The summed E-state index contributed by atoms with van der Waals surface area (Å²) in [6, 6.07) is 8.23. The van der Waals surface area contributed by atoms with Gasteiger partial charge in [-0.2, -0.15) is 0 Å². The van der Waals surface area contributed by atoms with Crippen LogP contribution in [0.5, 0.6) is 0 Å². The van der Waals surface area contributed by atoms with E-state index in [2.05, 4.69) is 4.98 Å². The van der Waals surface area contributed by atoms with Crippen LogP contribution in [0.3, 0.4) is 0 Å². The third kappa shape index (κ3) is 2.54. The van der Waals surface area contributed by atoms with Crippen LogP contribution in [0.15, 0.2) is 40.3 Å². The smallest absolute Gasteiger partial charge is 0.125 e. The van der Waals surface area contributed by atoms with E-state index >= 15 is 0 Å². The Morgan fingerprint density at radius 2 is 2.00 bits per heavy atom. The minimum Gasteiger partial charge on any atom is -0.384 e. The number of aryl methyl sites for hydroxylation is 2. The number of hydrogen-bond acceptors (Lipinski definition) is 3. The van der Waals surface area contributed by atoms with E-state index in [1.807, 2.05) is 6.07 Å². The lowest BCUT2D eigenvalue weighted by Gasteiger charge is -2.10. The second kappa shape index (κ2) is 5.25. The Morgan fingerprint density at radius 3 is 2.70 bits per heavy atom. The van der Waals surface area contributed by atoms with Crippen LogP contribution in [0.1, 0.15) is 23.2 Å². The number of rotatable bonds is 3. The predicted octanol–water partition coefficient (Wildman–Crippen LogP) is 3.14. The topological polar surface area (TPSA) is 62.8 Å². The lowest BCUT2D eigenvalue weighted by Crippen LogP contribution is -2.14. The minimum atomic E-state index is -0.261. The van der Waals surface area contributed by atoms with Crippen molar-refractivity contribution in [2.45, 2.75) is 29.2 Å². The molecule has 0 saturated carbocycles. The number of halogens is 1. The van der Waals surface area contributed by atoms with Gasteiger partial charge in [-0.1, -0.05) is 11.8 Å². The molecule has 2 aromatic rings. The third-order valence-corrected chi connectivity index (χ3v) is 4.35. The molecule has 0 fully saturated rings.